The van der Waals surface area contributed by atoms with Crippen molar-refractivity contribution in [3.63, 3.8) is 0 Å². The van der Waals surface area contributed by atoms with E-state index in [9.17, 15) is 4.79 Å². The monoisotopic (exact) mass is 503 g/mol. The van der Waals surface area contributed by atoms with E-state index in [4.69, 9.17) is 9.72 Å². The lowest BCUT2D eigenvalue weighted by Gasteiger charge is -2.21. The molecular weight excluding hydrogens is 468 g/mol. The summed E-state index contributed by atoms with van der Waals surface area (Å²) in [5.74, 6) is 0.731. The lowest BCUT2D eigenvalue weighted by atomic mass is 10.0. The van der Waals surface area contributed by atoms with Crippen LogP contribution in [0.2, 0.25) is 0 Å². The molecule has 7 rings (SSSR count). The van der Waals surface area contributed by atoms with Crippen LogP contribution in [-0.2, 0) is 9.53 Å². The third-order valence-electron chi connectivity index (χ3n) is 9.34. The molecule has 0 N–H and O–H groups in total. The van der Waals surface area contributed by atoms with E-state index in [0.29, 0.717) is 11.8 Å². The van der Waals surface area contributed by atoms with E-state index < -0.39 is 0 Å². The molecule has 3 atom stereocenters. The number of aromatic nitrogens is 1. The number of carbonyl (C=O) groups excluding carboxylic acids is 1. The van der Waals surface area contributed by atoms with E-state index in [1.54, 1.807) is 0 Å². The van der Waals surface area contributed by atoms with Crippen LogP contribution in [-0.4, -0.2) is 56.8 Å². The number of esters is 1. The minimum atomic E-state index is -0.243. The molecule has 0 bridgehead atoms. The summed E-state index contributed by atoms with van der Waals surface area (Å²) in [5, 5.41) is 1.09. The zero-order valence-electron chi connectivity index (χ0n) is 21.5. The average Bonchev–Trinajstić information content (AvgIpc) is 3.51. The fourth-order valence-corrected chi connectivity index (χ4v) is 8.22. The van der Waals surface area contributed by atoms with E-state index in [0.717, 1.165) is 49.3 Å². The van der Waals surface area contributed by atoms with E-state index in [2.05, 4.69) is 58.6 Å². The summed E-state index contributed by atoms with van der Waals surface area (Å²) in [4.78, 5) is 24.5. The van der Waals surface area contributed by atoms with Gasteiger partial charge in [-0.05, 0) is 55.4 Å². The van der Waals surface area contributed by atoms with Crippen molar-refractivity contribution in [3.8, 4) is 10.6 Å². The van der Waals surface area contributed by atoms with Gasteiger partial charge >= 0.3 is 5.97 Å². The quantitative estimate of drug-likeness (QED) is 0.305. The Balaban J connectivity index is 1.45. The van der Waals surface area contributed by atoms with Crippen LogP contribution in [0, 0.1) is 17.3 Å². The van der Waals surface area contributed by atoms with Crippen molar-refractivity contribution >= 4 is 38.9 Å². The Hall–Kier alpha value is -2.67. The van der Waals surface area contributed by atoms with Gasteiger partial charge in [-0.25, -0.2) is 14.4 Å². The third kappa shape index (κ3) is 3.38. The molecule has 0 spiro atoms. The maximum atomic E-state index is 13.1. The zero-order valence-corrected chi connectivity index (χ0v) is 22.3. The number of hydrogen-bond acceptors (Lipinski definition) is 6. The lowest BCUT2D eigenvalue weighted by molar-refractivity contribution is -0.144. The van der Waals surface area contributed by atoms with Gasteiger partial charge in [0.25, 0.3) is 6.04 Å². The summed E-state index contributed by atoms with van der Waals surface area (Å²) in [6, 6.07) is 11.1. The molecule has 3 saturated heterocycles. The smallest absolute Gasteiger partial charge is 0.375 e. The Kier molecular flexibility index (Phi) is 5.11. The predicted octanol–water partition coefficient (Wildman–Crippen LogP) is 4.20. The van der Waals surface area contributed by atoms with Gasteiger partial charge in [-0.1, -0.05) is 13.8 Å². The molecule has 0 amide bonds. The highest BCUT2D eigenvalue weighted by Crippen LogP contribution is 2.63. The van der Waals surface area contributed by atoms with E-state index in [1.807, 2.05) is 11.3 Å². The molecule has 3 unspecified atom stereocenters. The first-order chi connectivity index (χ1) is 17.5. The number of carbonyl (C=O) groups is 1. The molecule has 36 heavy (non-hydrogen) atoms. The van der Waals surface area contributed by atoms with E-state index >= 15 is 0 Å². The van der Waals surface area contributed by atoms with Crippen LogP contribution in [0.5, 0.6) is 0 Å². The van der Waals surface area contributed by atoms with Crippen molar-refractivity contribution in [3.05, 3.63) is 35.7 Å². The number of benzene rings is 2. The molecule has 4 fully saturated rings. The van der Waals surface area contributed by atoms with E-state index in [-0.39, 0.29) is 17.4 Å². The van der Waals surface area contributed by atoms with Gasteiger partial charge in [-0.2, -0.15) is 0 Å². The number of hydrogen-bond donors (Lipinski definition) is 0. The molecule has 7 heteroatoms. The standard InChI is InChI=1S/C29H35N4O2S/c1-29(2)20-17-33(27(25(20)29)28(34)35-3)22-14-19(32-12-6-7-13-32)16-24-26(22)30-21-9-8-18(15-23(21)36-24)31-10-4-5-11-31/h8-9,14-16,20,25,27H,4-7,10-13,17H2,1-3H3/q+1. The van der Waals surface area contributed by atoms with Gasteiger partial charge in [-0.3, -0.25) is 0 Å². The Labute approximate surface area is 216 Å². The summed E-state index contributed by atoms with van der Waals surface area (Å²) in [7, 11) is 1.52. The van der Waals surface area contributed by atoms with Crippen molar-refractivity contribution in [2.45, 2.75) is 45.6 Å². The number of piperidine rings is 1. The molecule has 0 aromatic heterocycles. The van der Waals surface area contributed by atoms with Gasteiger partial charge in [0.05, 0.1) is 22.2 Å². The number of anilines is 2. The highest BCUT2D eigenvalue weighted by Gasteiger charge is 2.73. The summed E-state index contributed by atoms with van der Waals surface area (Å²) < 4.78 is 8.88. The van der Waals surface area contributed by atoms with Gasteiger partial charge in [0.15, 0.2) is 5.69 Å². The van der Waals surface area contributed by atoms with Crippen molar-refractivity contribution in [2.24, 2.45) is 17.3 Å². The molecular formula is C29H35N4O2S+. The van der Waals surface area contributed by atoms with Gasteiger partial charge in [-0.15, -0.1) is 11.3 Å². The molecule has 1 saturated carbocycles. The average molecular weight is 504 g/mol. The van der Waals surface area contributed by atoms with Crippen LogP contribution in [0.1, 0.15) is 39.5 Å². The lowest BCUT2D eigenvalue weighted by Crippen LogP contribution is -2.46. The first-order valence-electron chi connectivity index (χ1n) is 13.5. The molecule has 4 aliphatic heterocycles. The van der Waals surface area contributed by atoms with Crippen molar-refractivity contribution in [1.29, 1.82) is 0 Å². The predicted molar refractivity (Wildman–Crippen MR) is 146 cm³/mol. The number of rotatable bonds is 3. The second kappa shape index (κ2) is 8.17. The first kappa shape index (κ1) is 22.5. The molecule has 1 aromatic carbocycles. The van der Waals surface area contributed by atoms with Crippen molar-refractivity contribution < 1.29 is 9.53 Å². The zero-order chi connectivity index (χ0) is 24.6. The summed E-state index contributed by atoms with van der Waals surface area (Å²) in [6.45, 7) is 9.93. The minimum absolute atomic E-state index is 0.118. The Morgan fingerprint density at radius 3 is 2.42 bits per heavy atom. The fraction of sp³-hybridized carbons (Fsp3) is 0.552. The maximum Gasteiger partial charge on any atom is 0.375 e. The highest BCUT2D eigenvalue weighted by atomic mass is 32.1. The summed E-state index contributed by atoms with van der Waals surface area (Å²) in [6.07, 6.45) is 5.02. The minimum Gasteiger partial charge on any atom is -0.464 e. The molecule has 1 aromatic rings. The number of ether oxygens (including phenoxy) is 1. The largest absolute Gasteiger partial charge is 0.464 e. The second-order valence-corrected chi connectivity index (χ2v) is 12.7. The van der Waals surface area contributed by atoms with Gasteiger partial charge < -0.3 is 14.5 Å². The topological polar surface area (TPSA) is 48.7 Å². The number of fused-ring (bicyclic) bond motifs is 3. The normalized spacial score (nSPS) is 28.2. The number of nitrogens with zero attached hydrogens (tertiary/aromatic N) is 4. The second-order valence-electron chi connectivity index (χ2n) is 11.6. The van der Waals surface area contributed by atoms with Crippen LogP contribution in [0.15, 0.2) is 30.3 Å². The van der Waals surface area contributed by atoms with Crippen molar-refractivity contribution in [2.75, 3.05) is 49.6 Å². The van der Waals surface area contributed by atoms with Crippen LogP contribution in [0.4, 0.5) is 11.4 Å². The molecule has 6 nitrogen and oxygen atoms in total. The van der Waals surface area contributed by atoms with Gasteiger partial charge in [0.1, 0.15) is 6.54 Å². The van der Waals surface area contributed by atoms with Crippen LogP contribution >= 0.6 is 11.3 Å². The van der Waals surface area contributed by atoms with Crippen LogP contribution in [0.25, 0.3) is 20.8 Å². The van der Waals surface area contributed by atoms with Crippen molar-refractivity contribution in [1.82, 2.24) is 9.56 Å². The SMILES string of the molecule is COC(=O)C1C2C(C[N+]1=c1cc(N3CCCC3)cc3sc4cc(N5CCCC5)ccc4nc1-3)C2(C)C. The Morgan fingerprint density at radius 1 is 1.03 bits per heavy atom. The van der Waals surface area contributed by atoms with Gasteiger partial charge in [0, 0.05) is 55.5 Å². The molecule has 0 radical (unpaired) electrons. The summed E-state index contributed by atoms with van der Waals surface area (Å²) >= 11 is 1.84. The van der Waals surface area contributed by atoms with Crippen LogP contribution < -0.4 is 19.7 Å². The third-order valence-corrected chi connectivity index (χ3v) is 10.4. The molecule has 4 heterocycles. The summed E-state index contributed by atoms with van der Waals surface area (Å²) in [5.41, 5.74) is 4.79. The highest BCUT2D eigenvalue weighted by molar-refractivity contribution is 7.21. The van der Waals surface area contributed by atoms with Crippen LogP contribution in [0.3, 0.4) is 0 Å². The Morgan fingerprint density at radius 2 is 1.72 bits per heavy atom. The number of methoxy groups -OCH3 is 1. The maximum absolute atomic E-state index is 13.1. The Bertz CT molecular complexity index is 1400. The molecule has 2 aliphatic carbocycles. The molecule has 6 aliphatic rings. The van der Waals surface area contributed by atoms with E-state index in [1.165, 1.54) is 53.7 Å². The molecule has 188 valence electrons. The fourth-order valence-electron chi connectivity index (χ4n) is 7.16. The van der Waals surface area contributed by atoms with Gasteiger partial charge in [0.2, 0.25) is 5.36 Å². The first-order valence-corrected chi connectivity index (χ1v) is 14.3.